The van der Waals surface area contributed by atoms with Gasteiger partial charge in [0.25, 0.3) is 0 Å². The predicted octanol–water partition coefficient (Wildman–Crippen LogP) is 6.07. The van der Waals surface area contributed by atoms with E-state index < -0.39 is 5.60 Å². The van der Waals surface area contributed by atoms with E-state index in [0.717, 1.165) is 55.3 Å². The van der Waals surface area contributed by atoms with Gasteiger partial charge in [-0.15, -0.1) is 0 Å². The zero-order chi connectivity index (χ0) is 27.5. The van der Waals surface area contributed by atoms with Crippen molar-refractivity contribution in [2.24, 2.45) is 11.8 Å². The first kappa shape index (κ1) is 30.4. The molecular formula is C31H46ClN3O3. The van der Waals surface area contributed by atoms with Crippen LogP contribution in [0.1, 0.15) is 57.9 Å². The second-order valence-corrected chi connectivity index (χ2v) is 11.4. The number of aliphatic hydroxyl groups is 1. The molecule has 1 unspecified atom stereocenters. The highest BCUT2D eigenvalue weighted by Gasteiger charge is 2.42. The van der Waals surface area contributed by atoms with E-state index in [-0.39, 0.29) is 18.0 Å². The van der Waals surface area contributed by atoms with Crippen molar-refractivity contribution in [1.29, 1.82) is 0 Å². The second kappa shape index (κ2) is 14.9. The molecule has 0 aliphatic carbocycles. The van der Waals surface area contributed by atoms with E-state index in [1.54, 1.807) is 7.11 Å². The first-order valence-electron chi connectivity index (χ1n) is 14.1. The molecule has 210 valence electrons. The SMILES string of the molecule is CNC[C@H](CC(C)C)NC(=O)N1CCCC([C@](O)(CCCCOC)c2ccccc2-c2ccccc2Cl)C1. The Balaban J connectivity index is 1.90. The van der Waals surface area contributed by atoms with Crippen LogP contribution in [0, 0.1) is 11.8 Å². The van der Waals surface area contributed by atoms with Crippen molar-refractivity contribution in [3.63, 3.8) is 0 Å². The topological polar surface area (TPSA) is 73.8 Å². The first-order chi connectivity index (χ1) is 18.3. The van der Waals surface area contributed by atoms with Crippen molar-refractivity contribution in [2.75, 3.05) is 40.4 Å². The van der Waals surface area contributed by atoms with E-state index in [2.05, 4.69) is 24.5 Å². The van der Waals surface area contributed by atoms with Gasteiger partial charge in [0.05, 0.1) is 5.60 Å². The number of unbranched alkanes of at least 4 members (excludes halogenated alkanes) is 1. The molecule has 1 saturated heterocycles. The van der Waals surface area contributed by atoms with Gasteiger partial charge in [-0.25, -0.2) is 4.79 Å². The van der Waals surface area contributed by atoms with Crippen LogP contribution in [0.15, 0.2) is 48.5 Å². The van der Waals surface area contributed by atoms with Gasteiger partial charge in [-0.1, -0.05) is 67.9 Å². The van der Waals surface area contributed by atoms with Crippen molar-refractivity contribution in [2.45, 2.75) is 64.0 Å². The number of nitrogens with one attached hydrogen (secondary N) is 2. The van der Waals surface area contributed by atoms with Crippen LogP contribution in [0.3, 0.4) is 0 Å². The van der Waals surface area contributed by atoms with Gasteiger partial charge >= 0.3 is 6.03 Å². The van der Waals surface area contributed by atoms with Crippen LogP contribution in [0.25, 0.3) is 11.1 Å². The number of hydrogen-bond acceptors (Lipinski definition) is 4. The number of likely N-dealkylation sites (tertiary alicyclic amines) is 1. The Bertz CT molecular complexity index is 1020. The monoisotopic (exact) mass is 543 g/mol. The van der Waals surface area contributed by atoms with Crippen LogP contribution < -0.4 is 10.6 Å². The molecule has 3 rings (SSSR count). The minimum atomic E-state index is -1.11. The Morgan fingerprint density at radius 2 is 1.87 bits per heavy atom. The lowest BCUT2D eigenvalue weighted by Gasteiger charge is -2.44. The summed E-state index contributed by atoms with van der Waals surface area (Å²) in [7, 11) is 3.62. The Labute approximate surface area is 234 Å². The first-order valence-corrected chi connectivity index (χ1v) is 14.4. The van der Waals surface area contributed by atoms with Crippen molar-refractivity contribution in [1.82, 2.24) is 15.5 Å². The molecule has 1 fully saturated rings. The average Bonchev–Trinajstić information content (AvgIpc) is 2.91. The summed E-state index contributed by atoms with van der Waals surface area (Å²) in [5.41, 5.74) is 1.63. The van der Waals surface area contributed by atoms with E-state index in [4.69, 9.17) is 16.3 Å². The summed E-state index contributed by atoms with van der Waals surface area (Å²) >= 11 is 6.62. The van der Waals surface area contributed by atoms with Crippen LogP contribution in [0.2, 0.25) is 5.02 Å². The molecule has 1 aliphatic heterocycles. The molecule has 0 radical (unpaired) electrons. The van der Waals surface area contributed by atoms with Crippen LogP contribution in [0.4, 0.5) is 4.79 Å². The fourth-order valence-corrected chi connectivity index (χ4v) is 6.04. The maximum atomic E-state index is 13.4. The highest BCUT2D eigenvalue weighted by Crippen LogP contribution is 2.44. The fraction of sp³-hybridized carbons (Fsp3) is 0.581. The normalized spacial score (nSPS) is 18.3. The molecule has 1 heterocycles. The largest absolute Gasteiger partial charge is 0.385 e. The molecule has 0 aromatic heterocycles. The number of urea groups is 1. The third-order valence-electron chi connectivity index (χ3n) is 7.63. The summed E-state index contributed by atoms with van der Waals surface area (Å²) < 4.78 is 5.28. The number of carbonyl (C=O) groups excluding carboxylic acids is 1. The van der Waals surface area contributed by atoms with Gasteiger partial charge in [0.15, 0.2) is 0 Å². The van der Waals surface area contributed by atoms with Gasteiger partial charge in [0.2, 0.25) is 0 Å². The van der Waals surface area contributed by atoms with Crippen molar-refractivity contribution in [3.05, 3.63) is 59.1 Å². The molecule has 6 nitrogen and oxygen atoms in total. The number of benzene rings is 2. The summed E-state index contributed by atoms with van der Waals surface area (Å²) in [6, 6.07) is 15.9. The predicted molar refractivity (Wildman–Crippen MR) is 157 cm³/mol. The number of hydrogen-bond donors (Lipinski definition) is 3. The lowest BCUT2D eigenvalue weighted by atomic mass is 9.72. The molecule has 2 amide bonds. The lowest BCUT2D eigenvalue weighted by Crippen LogP contribution is -2.54. The van der Waals surface area contributed by atoms with E-state index >= 15 is 0 Å². The van der Waals surface area contributed by atoms with Gasteiger partial charge < -0.3 is 25.4 Å². The van der Waals surface area contributed by atoms with Gasteiger partial charge in [-0.05, 0) is 68.7 Å². The number of methoxy groups -OCH3 is 1. The second-order valence-electron chi connectivity index (χ2n) is 11.0. The fourth-order valence-electron chi connectivity index (χ4n) is 5.80. The highest BCUT2D eigenvalue weighted by molar-refractivity contribution is 6.33. The maximum Gasteiger partial charge on any atom is 0.317 e. The number of piperidine rings is 1. The minimum absolute atomic E-state index is 0.0447. The van der Waals surface area contributed by atoms with E-state index in [9.17, 15) is 9.90 Å². The number of amides is 2. The average molecular weight is 544 g/mol. The lowest BCUT2D eigenvalue weighted by molar-refractivity contribution is -0.0559. The minimum Gasteiger partial charge on any atom is -0.385 e. The van der Waals surface area contributed by atoms with Crippen LogP contribution in [-0.4, -0.2) is 62.5 Å². The molecule has 2 aromatic rings. The summed E-state index contributed by atoms with van der Waals surface area (Å²) in [6.45, 7) is 6.94. The standard InChI is InChI=1S/C31H46ClN3O3/c1-23(2)20-25(21-33-3)34-30(36)35-18-11-12-24(22-35)31(37,17-9-10-19-38-4)28-15-7-5-13-26(28)27-14-6-8-16-29(27)32/h5-8,13-16,23-25,33,37H,9-12,17-22H2,1-4H3,(H,34,36)/t24?,25-,31+/m0/s1. The van der Waals surface area contributed by atoms with Crippen LogP contribution in [-0.2, 0) is 10.3 Å². The van der Waals surface area contributed by atoms with Crippen molar-refractivity contribution < 1.29 is 14.6 Å². The molecule has 3 N–H and O–H groups in total. The third-order valence-corrected chi connectivity index (χ3v) is 7.96. The third kappa shape index (κ3) is 7.95. The highest BCUT2D eigenvalue weighted by atomic mass is 35.5. The molecule has 0 bridgehead atoms. The van der Waals surface area contributed by atoms with Gasteiger partial charge in [0.1, 0.15) is 0 Å². The zero-order valence-corrected chi connectivity index (χ0v) is 24.3. The van der Waals surface area contributed by atoms with Gasteiger partial charge in [-0.2, -0.15) is 0 Å². The van der Waals surface area contributed by atoms with E-state index in [1.165, 1.54) is 0 Å². The molecule has 38 heavy (non-hydrogen) atoms. The number of nitrogens with zero attached hydrogens (tertiary/aromatic N) is 1. The molecule has 0 saturated carbocycles. The van der Waals surface area contributed by atoms with Crippen molar-refractivity contribution in [3.8, 4) is 11.1 Å². The van der Waals surface area contributed by atoms with E-state index in [1.807, 2.05) is 60.5 Å². The number of carbonyl (C=O) groups is 1. The molecule has 0 spiro atoms. The Kier molecular flexibility index (Phi) is 11.9. The summed E-state index contributed by atoms with van der Waals surface area (Å²) in [5.74, 6) is 0.391. The quantitative estimate of drug-likeness (QED) is 0.268. The Morgan fingerprint density at radius 1 is 1.16 bits per heavy atom. The number of halogens is 1. The van der Waals surface area contributed by atoms with Crippen LogP contribution >= 0.6 is 11.6 Å². The van der Waals surface area contributed by atoms with Crippen LogP contribution in [0.5, 0.6) is 0 Å². The smallest absolute Gasteiger partial charge is 0.317 e. The summed E-state index contributed by atoms with van der Waals surface area (Å²) in [5, 5.41) is 19.7. The van der Waals surface area contributed by atoms with Crippen molar-refractivity contribution >= 4 is 17.6 Å². The molecule has 1 aliphatic rings. The van der Waals surface area contributed by atoms with E-state index in [0.29, 0.717) is 37.1 Å². The Hall–Kier alpha value is -2.12. The molecule has 3 atom stereocenters. The number of likely N-dealkylation sites (N-methyl/N-ethyl adjacent to an activating group) is 1. The number of ether oxygens (including phenoxy) is 1. The van der Waals surface area contributed by atoms with Gasteiger partial charge in [0, 0.05) is 55.9 Å². The molecule has 2 aromatic carbocycles. The maximum absolute atomic E-state index is 13.4. The Morgan fingerprint density at radius 3 is 2.55 bits per heavy atom. The number of rotatable bonds is 13. The summed E-state index contributed by atoms with van der Waals surface area (Å²) in [4.78, 5) is 15.3. The van der Waals surface area contributed by atoms with Gasteiger partial charge in [-0.3, -0.25) is 0 Å². The summed E-state index contributed by atoms with van der Waals surface area (Å²) in [6.07, 6.45) is 4.90. The molecule has 7 heteroatoms. The molecular weight excluding hydrogens is 498 g/mol. The zero-order valence-electron chi connectivity index (χ0n) is 23.5.